The normalized spacial score (nSPS) is 26.7. The predicted molar refractivity (Wildman–Crippen MR) is 128 cm³/mol. The number of hydrogen-bond donors (Lipinski definition) is 3. The summed E-state index contributed by atoms with van der Waals surface area (Å²) in [6.45, 7) is 4.01. The van der Waals surface area contributed by atoms with E-state index in [1.165, 1.54) is 12.1 Å². The molecule has 1 aromatic carbocycles. The summed E-state index contributed by atoms with van der Waals surface area (Å²) in [6, 6.07) is 6.01. The van der Waals surface area contributed by atoms with Crippen molar-refractivity contribution in [3.63, 3.8) is 0 Å². The maximum absolute atomic E-state index is 13.4. The Morgan fingerprint density at radius 3 is 2.56 bits per heavy atom. The van der Waals surface area contributed by atoms with Gasteiger partial charge in [0.15, 0.2) is 6.29 Å². The van der Waals surface area contributed by atoms with Gasteiger partial charge in [0.2, 0.25) is 0 Å². The van der Waals surface area contributed by atoms with Crippen molar-refractivity contribution in [2.75, 3.05) is 26.2 Å². The highest BCUT2D eigenvalue weighted by molar-refractivity contribution is 5.79. The molecule has 200 valence electrons. The zero-order valence-electron chi connectivity index (χ0n) is 20.4. The summed E-state index contributed by atoms with van der Waals surface area (Å²) in [6.07, 6.45) is 0.661. The minimum absolute atomic E-state index is 0.0271. The van der Waals surface area contributed by atoms with Crippen molar-refractivity contribution >= 4 is 6.21 Å². The Balaban J connectivity index is 1.20. The van der Waals surface area contributed by atoms with E-state index in [0.29, 0.717) is 23.9 Å². The lowest BCUT2D eigenvalue weighted by Gasteiger charge is -2.32. The van der Waals surface area contributed by atoms with E-state index in [1.807, 2.05) is 11.8 Å². The molecule has 3 N–H and O–H groups in total. The largest absolute Gasteiger partial charge is 0.573 e. The third kappa shape index (κ3) is 7.80. The molecule has 6 nitrogen and oxygen atoms in total. The van der Waals surface area contributed by atoms with Crippen molar-refractivity contribution in [3.05, 3.63) is 41.2 Å². The summed E-state index contributed by atoms with van der Waals surface area (Å²) >= 11 is 0. The molecule has 4 rings (SSSR count). The highest BCUT2D eigenvalue weighted by Crippen LogP contribution is 2.33. The third-order valence-electron chi connectivity index (χ3n) is 7.08. The Hall–Kier alpha value is -2.40. The van der Waals surface area contributed by atoms with Crippen LogP contribution in [0.15, 0.2) is 40.7 Å². The molecule has 1 aliphatic carbocycles. The molecule has 0 radical (unpaired) electrons. The maximum atomic E-state index is 13.4. The van der Waals surface area contributed by atoms with Crippen LogP contribution in [-0.4, -0.2) is 55.9 Å². The number of ether oxygens (including phenoxy) is 1. The molecule has 0 spiro atoms. The van der Waals surface area contributed by atoms with Crippen molar-refractivity contribution in [1.29, 1.82) is 0 Å². The van der Waals surface area contributed by atoms with Gasteiger partial charge < -0.3 is 15.4 Å². The first kappa shape index (κ1) is 26.7. The summed E-state index contributed by atoms with van der Waals surface area (Å²) in [4.78, 5) is 6.28. The number of nitrogens with zero attached hydrogens (tertiary/aromatic N) is 2. The van der Waals surface area contributed by atoms with Crippen molar-refractivity contribution < 1.29 is 26.7 Å². The number of rotatable bonds is 9. The highest BCUT2D eigenvalue weighted by atomic mass is 19.4. The van der Waals surface area contributed by atoms with E-state index in [0.717, 1.165) is 50.2 Å². The Labute approximate surface area is 208 Å². The smallest absolute Gasteiger partial charge is 0.405 e. The number of hydrogen-bond acceptors (Lipinski definition) is 6. The van der Waals surface area contributed by atoms with E-state index in [2.05, 4.69) is 25.7 Å². The predicted octanol–water partition coefficient (Wildman–Crippen LogP) is 4.60. The van der Waals surface area contributed by atoms with Crippen LogP contribution in [0.25, 0.3) is 0 Å². The molecule has 0 amide bonds. The van der Waals surface area contributed by atoms with Crippen LogP contribution in [0, 0.1) is 11.8 Å². The SMILES string of the molecule is CC1=C(NCC2CCC(CN3CCC(F)(F)C3)CC2)NC(NCc2ccccc2OC(F)(F)F)N=C1. The van der Waals surface area contributed by atoms with E-state index in [1.54, 1.807) is 18.3 Å². The summed E-state index contributed by atoms with van der Waals surface area (Å²) in [5, 5.41) is 9.84. The first-order valence-corrected chi connectivity index (χ1v) is 12.5. The van der Waals surface area contributed by atoms with Crippen LogP contribution < -0.4 is 20.7 Å². The fourth-order valence-electron chi connectivity index (χ4n) is 5.11. The van der Waals surface area contributed by atoms with Crippen LogP contribution >= 0.6 is 0 Å². The molecule has 0 aromatic heterocycles. The second-order valence-corrected chi connectivity index (χ2v) is 10.0. The second kappa shape index (κ2) is 11.3. The number of nitrogens with one attached hydrogen (secondary N) is 3. The molecule has 11 heteroatoms. The minimum Gasteiger partial charge on any atom is -0.405 e. The zero-order chi connectivity index (χ0) is 25.8. The van der Waals surface area contributed by atoms with Gasteiger partial charge in [-0.25, -0.2) is 8.78 Å². The molecule has 1 saturated carbocycles. The molecular weight excluding hydrogens is 481 g/mol. The Kier molecular flexibility index (Phi) is 8.39. The molecule has 1 atom stereocenters. The van der Waals surface area contributed by atoms with Crippen molar-refractivity contribution in [3.8, 4) is 5.75 Å². The van der Waals surface area contributed by atoms with E-state index in [-0.39, 0.29) is 25.3 Å². The Morgan fingerprint density at radius 1 is 1.14 bits per heavy atom. The molecule has 3 aliphatic rings. The first-order chi connectivity index (χ1) is 17.1. The van der Waals surface area contributed by atoms with Crippen LogP contribution in [0.5, 0.6) is 5.75 Å². The fraction of sp³-hybridized carbons (Fsp3) is 0.640. The van der Waals surface area contributed by atoms with Gasteiger partial charge in [-0.1, -0.05) is 18.2 Å². The fourth-order valence-corrected chi connectivity index (χ4v) is 5.11. The van der Waals surface area contributed by atoms with E-state index in [9.17, 15) is 22.0 Å². The van der Waals surface area contributed by atoms with Crippen LogP contribution in [0.2, 0.25) is 0 Å². The number of likely N-dealkylation sites (tertiary alicyclic amines) is 1. The highest BCUT2D eigenvalue weighted by Gasteiger charge is 2.39. The molecule has 2 heterocycles. The average molecular weight is 516 g/mol. The number of para-hydroxylation sites is 1. The molecule has 36 heavy (non-hydrogen) atoms. The summed E-state index contributed by atoms with van der Waals surface area (Å²) in [5.74, 6) is -0.954. The number of aliphatic imine (C=N–C) groups is 1. The quantitative estimate of drug-likeness (QED) is 0.420. The van der Waals surface area contributed by atoms with Crippen LogP contribution in [0.4, 0.5) is 22.0 Å². The standard InChI is InChI=1S/C25H34F5N5O/c1-17-12-32-23(33-14-20-4-2-3-5-21(20)36-25(28,29)30)34-22(17)31-13-18-6-8-19(9-7-18)15-35-11-10-24(26,27)16-35/h2-5,12,18-19,23,31,33-34H,6-11,13-16H2,1H3. The lowest BCUT2D eigenvalue weighted by atomic mass is 9.81. The van der Waals surface area contributed by atoms with Gasteiger partial charge in [0, 0.05) is 50.0 Å². The average Bonchev–Trinajstić information content (AvgIpc) is 3.16. The van der Waals surface area contributed by atoms with Crippen molar-refractivity contribution in [2.24, 2.45) is 16.8 Å². The minimum atomic E-state index is -4.75. The van der Waals surface area contributed by atoms with Crippen molar-refractivity contribution in [1.82, 2.24) is 20.9 Å². The van der Waals surface area contributed by atoms with Crippen LogP contribution in [0.1, 0.15) is 44.6 Å². The zero-order valence-corrected chi connectivity index (χ0v) is 20.4. The number of halogens is 5. The topological polar surface area (TPSA) is 60.9 Å². The monoisotopic (exact) mass is 515 g/mol. The summed E-state index contributed by atoms with van der Waals surface area (Å²) in [7, 11) is 0. The summed E-state index contributed by atoms with van der Waals surface area (Å²) in [5.41, 5.74) is 1.32. The Morgan fingerprint density at radius 2 is 1.86 bits per heavy atom. The van der Waals surface area contributed by atoms with Gasteiger partial charge in [-0.2, -0.15) is 0 Å². The number of benzene rings is 1. The number of alkyl halides is 5. The lowest BCUT2D eigenvalue weighted by molar-refractivity contribution is -0.274. The molecule has 2 aliphatic heterocycles. The van der Waals surface area contributed by atoms with Gasteiger partial charge >= 0.3 is 6.36 Å². The van der Waals surface area contributed by atoms with Gasteiger partial charge in [-0.05, 0) is 50.5 Å². The van der Waals surface area contributed by atoms with Crippen LogP contribution in [-0.2, 0) is 6.54 Å². The molecule has 1 saturated heterocycles. The Bertz CT molecular complexity index is 943. The van der Waals surface area contributed by atoms with Gasteiger partial charge in [0.1, 0.15) is 11.6 Å². The van der Waals surface area contributed by atoms with Gasteiger partial charge in [-0.3, -0.25) is 15.2 Å². The van der Waals surface area contributed by atoms with Gasteiger partial charge in [0.25, 0.3) is 5.92 Å². The van der Waals surface area contributed by atoms with E-state index < -0.39 is 18.6 Å². The van der Waals surface area contributed by atoms with Crippen LogP contribution in [0.3, 0.4) is 0 Å². The maximum Gasteiger partial charge on any atom is 0.573 e. The summed E-state index contributed by atoms with van der Waals surface area (Å²) < 4.78 is 69.0. The molecular formula is C25H34F5N5O. The molecule has 1 unspecified atom stereocenters. The van der Waals surface area contributed by atoms with Gasteiger partial charge in [-0.15, -0.1) is 13.2 Å². The molecule has 1 aromatic rings. The van der Waals surface area contributed by atoms with E-state index >= 15 is 0 Å². The molecule has 0 bridgehead atoms. The van der Waals surface area contributed by atoms with E-state index in [4.69, 9.17) is 0 Å². The lowest BCUT2D eigenvalue weighted by Crippen LogP contribution is -2.46. The van der Waals surface area contributed by atoms with Crippen molar-refractivity contribution in [2.45, 2.75) is 64.1 Å². The number of allylic oxidation sites excluding steroid dienone is 1. The first-order valence-electron chi connectivity index (χ1n) is 12.5. The van der Waals surface area contributed by atoms with Gasteiger partial charge in [0.05, 0.1) is 6.54 Å². The second-order valence-electron chi connectivity index (χ2n) is 10.0. The third-order valence-corrected chi connectivity index (χ3v) is 7.08. The molecule has 2 fully saturated rings.